The number of amides is 2. The standard InChI is InChI=1S/C16H26N2O2/c1-12-7-5-8-13(11-12)14(16(2,3)4)18-15(20)17-9-6-10-19/h5,7-8,11,14,19H,6,9-10H2,1-4H3,(H2,17,18,20). The summed E-state index contributed by atoms with van der Waals surface area (Å²) in [6.45, 7) is 8.93. The van der Waals surface area contributed by atoms with Crippen LogP contribution in [-0.4, -0.2) is 24.3 Å². The first-order chi connectivity index (χ1) is 9.34. The number of rotatable bonds is 5. The monoisotopic (exact) mass is 278 g/mol. The van der Waals surface area contributed by atoms with Gasteiger partial charge in [0.1, 0.15) is 0 Å². The zero-order chi connectivity index (χ0) is 15.2. The second kappa shape index (κ2) is 7.29. The van der Waals surface area contributed by atoms with Crippen molar-refractivity contribution >= 4 is 6.03 Å². The third kappa shape index (κ3) is 5.21. The van der Waals surface area contributed by atoms with Crippen molar-refractivity contribution in [2.45, 2.75) is 40.2 Å². The molecular formula is C16H26N2O2. The molecule has 1 aromatic carbocycles. The number of aliphatic hydroxyl groups excluding tert-OH is 1. The highest BCUT2D eigenvalue weighted by Crippen LogP contribution is 2.32. The molecule has 2 amide bonds. The fraction of sp³-hybridized carbons (Fsp3) is 0.562. The lowest BCUT2D eigenvalue weighted by Gasteiger charge is -2.32. The molecule has 20 heavy (non-hydrogen) atoms. The average molecular weight is 278 g/mol. The molecule has 0 saturated carbocycles. The van der Waals surface area contributed by atoms with E-state index in [0.717, 1.165) is 5.56 Å². The molecule has 0 aliphatic rings. The molecule has 1 aromatic rings. The van der Waals surface area contributed by atoms with Crippen molar-refractivity contribution in [2.24, 2.45) is 5.41 Å². The largest absolute Gasteiger partial charge is 0.396 e. The molecule has 112 valence electrons. The van der Waals surface area contributed by atoms with E-state index in [9.17, 15) is 4.79 Å². The Bertz CT molecular complexity index is 438. The molecule has 0 aliphatic carbocycles. The van der Waals surface area contributed by atoms with Gasteiger partial charge < -0.3 is 15.7 Å². The topological polar surface area (TPSA) is 61.4 Å². The Morgan fingerprint density at radius 1 is 1.35 bits per heavy atom. The summed E-state index contributed by atoms with van der Waals surface area (Å²) in [5.41, 5.74) is 2.20. The zero-order valence-electron chi connectivity index (χ0n) is 12.9. The van der Waals surface area contributed by atoms with Crippen LogP contribution in [0.1, 0.15) is 44.4 Å². The van der Waals surface area contributed by atoms with E-state index in [1.165, 1.54) is 5.56 Å². The smallest absolute Gasteiger partial charge is 0.315 e. The molecule has 0 fully saturated rings. The minimum Gasteiger partial charge on any atom is -0.396 e. The molecule has 0 bridgehead atoms. The second-order valence-electron chi connectivity index (χ2n) is 6.19. The van der Waals surface area contributed by atoms with E-state index in [4.69, 9.17) is 5.11 Å². The summed E-state index contributed by atoms with van der Waals surface area (Å²) in [5.74, 6) is 0. The zero-order valence-corrected chi connectivity index (χ0v) is 12.9. The number of aliphatic hydroxyl groups is 1. The highest BCUT2D eigenvalue weighted by molar-refractivity contribution is 5.74. The van der Waals surface area contributed by atoms with Crippen LogP contribution in [0, 0.1) is 12.3 Å². The van der Waals surface area contributed by atoms with Crippen molar-refractivity contribution in [3.8, 4) is 0 Å². The molecule has 1 unspecified atom stereocenters. The van der Waals surface area contributed by atoms with Gasteiger partial charge in [0, 0.05) is 13.2 Å². The molecule has 4 nitrogen and oxygen atoms in total. The molecule has 0 spiro atoms. The van der Waals surface area contributed by atoms with Gasteiger partial charge in [0.2, 0.25) is 0 Å². The minimum absolute atomic E-state index is 0.0588. The summed E-state index contributed by atoms with van der Waals surface area (Å²) in [6, 6.07) is 7.94. The molecule has 0 heterocycles. The Labute approximate surface area is 121 Å². The minimum atomic E-state index is -0.195. The van der Waals surface area contributed by atoms with Crippen molar-refractivity contribution in [1.82, 2.24) is 10.6 Å². The maximum absolute atomic E-state index is 11.9. The Morgan fingerprint density at radius 3 is 2.60 bits per heavy atom. The molecule has 3 N–H and O–H groups in total. The number of nitrogens with one attached hydrogen (secondary N) is 2. The molecule has 0 saturated heterocycles. The Hall–Kier alpha value is -1.55. The predicted octanol–water partition coefficient (Wildman–Crippen LogP) is 2.76. The normalized spacial score (nSPS) is 12.8. The number of carbonyl (C=O) groups is 1. The van der Waals surface area contributed by atoms with Gasteiger partial charge in [0.25, 0.3) is 0 Å². The Kier molecular flexibility index (Phi) is 6.02. The van der Waals surface area contributed by atoms with Crippen LogP contribution in [0.15, 0.2) is 24.3 Å². The van der Waals surface area contributed by atoms with Crippen LogP contribution in [0.25, 0.3) is 0 Å². The molecular weight excluding hydrogens is 252 g/mol. The van der Waals surface area contributed by atoms with Gasteiger partial charge in [-0.2, -0.15) is 0 Å². The van der Waals surface area contributed by atoms with E-state index in [1.54, 1.807) is 0 Å². The lowest BCUT2D eigenvalue weighted by molar-refractivity contribution is 0.216. The first kappa shape index (κ1) is 16.5. The number of urea groups is 1. The SMILES string of the molecule is Cc1cccc(C(NC(=O)NCCCO)C(C)(C)C)c1. The first-order valence-corrected chi connectivity index (χ1v) is 7.06. The van der Waals surface area contributed by atoms with Crippen molar-refractivity contribution < 1.29 is 9.90 Å². The molecule has 1 atom stereocenters. The van der Waals surface area contributed by atoms with Gasteiger partial charge >= 0.3 is 6.03 Å². The number of aryl methyl sites for hydroxylation is 1. The van der Waals surface area contributed by atoms with Crippen LogP contribution in [0.3, 0.4) is 0 Å². The molecule has 0 radical (unpaired) electrons. The van der Waals surface area contributed by atoms with Gasteiger partial charge in [-0.25, -0.2) is 4.79 Å². The van der Waals surface area contributed by atoms with Gasteiger partial charge in [-0.1, -0.05) is 50.6 Å². The van der Waals surface area contributed by atoms with Crippen LogP contribution in [0.5, 0.6) is 0 Å². The van der Waals surface area contributed by atoms with Gasteiger partial charge in [-0.15, -0.1) is 0 Å². The summed E-state index contributed by atoms with van der Waals surface area (Å²) in [5, 5.41) is 14.5. The van der Waals surface area contributed by atoms with E-state index in [-0.39, 0.29) is 24.1 Å². The quantitative estimate of drug-likeness (QED) is 0.725. The maximum Gasteiger partial charge on any atom is 0.315 e. The van der Waals surface area contributed by atoms with Crippen LogP contribution in [0.4, 0.5) is 4.79 Å². The summed E-state index contributed by atoms with van der Waals surface area (Å²) in [4.78, 5) is 11.9. The van der Waals surface area contributed by atoms with Gasteiger partial charge in [0.15, 0.2) is 0 Å². The highest BCUT2D eigenvalue weighted by atomic mass is 16.3. The summed E-state index contributed by atoms with van der Waals surface area (Å²) in [6.07, 6.45) is 0.568. The van der Waals surface area contributed by atoms with Crippen molar-refractivity contribution in [3.05, 3.63) is 35.4 Å². The van der Waals surface area contributed by atoms with E-state index < -0.39 is 0 Å². The molecule has 1 rings (SSSR count). The van der Waals surface area contributed by atoms with Gasteiger partial charge in [-0.3, -0.25) is 0 Å². The number of hydrogen-bond acceptors (Lipinski definition) is 2. The average Bonchev–Trinajstić information content (AvgIpc) is 2.35. The summed E-state index contributed by atoms with van der Waals surface area (Å²) in [7, 11) is 0. The number of carbonyl (C=O) groups excluding carboxylic acids is 1. The Morgan fingerprint density at radius 2 is 2.05 bits per heavy atom. The van der Waals surface area contributed by atoms with Crippen molar-refractivity contribution in [2.75, 3.05) is 13.2 Å². The number of benzene rings is 1. The highest BCUT2D eigenvalue weighted by Gasteiger charge is 2.27. The van der Waals surface area contributed by atoms with E-state index in [2.05, 4.69) is 37.5 Å². The van der Waals surface area contributed by atoms with Crippen LogP contribution >= 0.6 is 0 Å². The summed E-state index contributed by atoms with van der Waals surface area (Å²) >= 11 is 0. The third-order valence-electron chi connectivity index (χ3n) is 3.14. The van der Waals surface area contributed by atoms with E-state index in [0.29, 0.717) is 13.0 Å². The maximum atomic E-state index is 11.9. The molecule has 0 aromatic heterocycles. The Balaban J connectivity index is 2.79. The van der Waals surface area contributed by atoms with Gasteiger partial charge in [0.05, 0.1) is 6.04 Å². The van der Waals surface area contributed by atoms with Gasteiger partial charge in [-0.05, 0) is 24.3 Å². The van der Waals surface area contributed by atoms with Crippen molar-refractivity contribution in [3.63, 3.8) is 0 Å². The fourth-order valence-corrected chi connectivity index (χ4v) is 2.11. The fourth-order valence-electron chi connectivity index (χ4n) is 2.11. The van der Waals surface area contributed by atoms with Crippen LogP contribution < -0.4 is 10.6 Å². The van der Waals surface area contributed by atoms with Crippen LogP contribution in [-0.2, 0) is 0 Å². The van der Waals surface area contributed by atoms with Crippen LogP contribution in [0.2, 0.25) is 0 Å². The van der Waals surface area contributed by atoms with E-state index >= 15 is 0 Å². The van der Waals surface area contributed by atoms with Crippen molar-refractivity contribution in [1.29, 1.82) is 0 Å². The predicted molar refractivity (Wildman–Crippen MR) is 81.6 cm³/mol. The third-order valence-corrected chi connectivity index (χ3v) is 3.14. The lowest BCUT2D eigenvalue weighted by atomic mass is 9.82. The lowest BCUT2D eigenvalue weighted by Crippen LogP contribution is -2.43. The molecule has 0 aliphatic heterocycles. The summed E-state index contributed by atoms with van der Waals surface area (Å²) < 4.78 is 0. The second-order valence-corrected chi connectivity index (χ2v) is 6.19. The molecule has 4 heteroatoms. The van der Waals surface area contributed by atoms with E-state index in [1.807, 2.05) is 25.1 Å². The number of hydrogen-bond donors (Lipinski definition) is 3. The first-order valence-electron chi connectivity index (χ1n) is 7.06.